The van der Waals surface area contributed by atoms with E-state index in [4.69, 9.17) is 4.74 Å². The van der Waals surface area contributed by atoms with Gasteiger partial charge in [0, 0.05) is 40.9 Å². The van der Waals surface area contributed by atoms with Gasteiger partial charge in [-0.1, -0.05) is 17.7 Å². The summed E-state index contributed by atoms with van der Waals surface area (Å²) in [6.07, 6.45) is 4.51. The van der Waals surface area contributed by atoms with Crippen molar-refractivity contribution in [3.05, 3.63) is 64.2 Å². The van der Waals surface area contributed by atoms with Crippen molar-refractivity contribution in [2.24, 2.45) is 0 Å². The number of hydrogen-bond donors (Lipinski definition) is 1. The van der Waals surface area contributed by atoms with Gasteiger partial charge in [0.1, 0.15) is 18.4 Å². The van der Waals surface area contributed by atoms with E-state index in [0.717, 1.165) is 50.5 Å². The molecule has 0 spiro atoms. The third-order valence-electron chi connectivity index (χ3n) is 8.51. The highest BCUT2D eigenvalue weighted by atomic mass is 32.2. The Balaban J connectivity index is 1.53. The summed E-state index contributed by atoms with van der Waals surface area (Å²) in [5.41, 5.74) is 6.61. The Morgan fingerprint density at radius 1 is 1.21 bits per heavy atom. The molecule has 4 heterocycles. The predicted molar refractivity (Wildman–Crippen MR) is 149 cm³/mol. The minimum Gasteiger partial charge on any atom is -0.748 e. The van der Waals surface area contributed by atoms with Crippen LogP contribution in [0.2, 0.25) is 0 Å². The number of nitrogens with zero attached hydrogens (tertiary/aromatic N) is 2. The number of aryl methyl sites for hydroxylation is 1. The number of benzene rings is 2. The van der Waals surface area contributed by atoms with Gasteiger partial charge in [-0.15, -0.1) is 0 Å². The lowest BCUT2D eigenvalue weighted by molar-refractivity contribution is -0.444. The molecule has 0 saturated heterocycles. The molecule has 4 aliphatic rings. The van der Waals surface area contributed by atoms with Gasteiger partial charge in [0.25, 0.3) is 0 Å². The standard InChI is InChI=1S/C30H32N2O6S/c1-17-6-7-23-22(10-17)30(5,16-39(35,36)37)28-21-12-19-11-20-18(2)14-29(3,4)32(15-27(33)34)24(20)13-26(19)38-25(21)8-9-31(23)28/h6-7,10-14,25H,8-9,15-16H2,1-5H3,(H-,33,34,35,36,37). The van der Waals surface area contributed by atoms with Crippen LogP contribution in [0.15, 0.2) is 42.0 Å². The number of hydrogen-bond acceptors (Lipinski definition) is 6. The monoisotopic (exact) mass is 548 g/mol. The van der Waals surface area contributed by atoms with Crippen LogP contribution in [0.25, 0.3) is 11.6 Å². The average Bonchev–Trinajstić information content (AvgIpc) is 3.05. The second-order valence-corrected chi connectivity index (χ2v) is 13.3. The van der Waals surface area contributed by atoms with Crippen LogP contribution in [0, 0.1) is 6.92 Å². The first-order valence-electron chi connectivity index (χ1n) is 13.1. The summed E-state index contributed by atoms with van der Waals surface area (Å²) >= 11 is 0. The smallest absolute Gasteiger partial charge is 0.323 e. The van der Waals surface area contributed by atoms with Crippen molar-refractivity contribution in [3.8, 4) is 5.75 Å². The van der Waals surface area contributed by atoms with Gasteiger partial charge in [0.15, 0.2) is 12.3 Å². The number of ether oxygens (including phenoxy) is 1. The quantitative estimate of drug-likeness (QED) is 0.450. The fraction of sp³-hybridized carbons (Fsp3) is 0.400. The number of fused-ring (bicyclic) bond motifs is 6. The van der Waals surface area contributed by atoms with Crippen LogP contribution in [0.4, 0.5) is 11.4 Å². The molecule has 0 fully saturated rings. The van der Waals surface area contributed by atoms with Crippen LogP contribution >= 0.6 is 0 Å². The molecule has 0 amide bonds. The fourth-order valence-corrected chi connectivity index (χ4v) is 8.00. The topological polar surface area (TPSA) is 110 Å². The molecule has 8 nitrogen and oxygen atoms in total. The van der Waals surface area contributed by atoms with E-state index >= 15 is 0 Å². The summed E-state index contributed by atoms with van der Waals surface area (Å²) in [4.78, 5) is 13.6. The van der Waals surface area contributed by atoms with Crippen LogP contribution in [-0.2, 0) is 20.3 Å². The number of anilines is 1. The lowest BCUT2D eigenvalue weighted by Gasteiger charge is -2.43. The van der Waals surface area contributed by atoms with Crippen molar-refractivity contribution in [2.45, 2.75) is 58.1 Å². The Kier molecular flexibility index (Phi) is 5.49. The maximum Gasteiger partial charge on any atom is 0.323 e. The third-order valence-corrected chi connectivity index (χ3v) is 9.44. The van der Waals surface area contributed by atoms with Gasteiger partial charge in [0.05, 0.1) is 32.4 Å². The fourth-order valence-electron chi connectivity index (χ4n) is 7.00. The molecule has 2 atom stereocenters. The average molecular weight is 549 g/mol. The molecule has 39 heavy (non-hydrogen) atoms. The van der Waals surface area contributed by atoms with E-state index in [0.29, 0.717) is 18.7 Å². The Morgan fingerprint density at radius 3 is 2.64 bits per heavy atom. The summed E-state index contributed by atoms with van der Waals surface area (Å²) in [6, 6.07) is 9.96. The highest BCUT2D eigenvalue weighted by Gasteiger charge is 2.55. The Labute approximate surface area is 228 Å². The summed E-state index contributed by atoms with van der Waals surface area (Å²) in [5.74, 6) is -0.776. The van der Waals surface area contributed by atoms with E-state index in [1.165, 1.54) is 0 Å². The molecule has 0 saturated carbocycles. The van der Waals surface area contributed by atoms with Gasteiger partial charge >= 0.3 is 5.97 Å². The molecule has 0 radical (unpaired) electrons. The Hall–Kier alpha value is -3.43. The zero-order chi connectivity index (χ0) is 28.1. The van der Waals surface area contributed by atoms with E-state index in [1.807, 2.05) is 69.9 Å². The van der Waals surface area contributed by atoms with Crippen LogP contribution in [0.3, 0.4) is 0 Å². The normalized spacial score (nSPS) is 24.5. The van der Waals surface area contributed by atoms with Crippen molar-refractivity contribution in [1.29, 1.82) is 0 Å². The summed E-state index contributed by atoms with van der Waals surface area (Å²) < 4.78 is 45.3. The molecule has 0 aromatic heterocycles. The van der Waals surface area contributed by atoms with Crippen LogP contribution in [-0.4, -0.2) is 64.8 Å². The van der Waals surface area contributed by atoms with Gasteiger partial charge in [-0.05, 0) is 58.4 Å². The minimum absolute atomic E-state index is 0.139. The zero-order valence-electron chi connectivity index (χ0n) is 22.7. The summed E-state index contributed by atoms with van der Waals surface area (Å²) in [6.45, 7) is 10.3. The highest BCUT2D eigenvalue weighted by Crippen LogP contribution is 2.49. The number of carbonyl (C=O) groups is 1. The second kappa shape index (κ2) is 8.29. The van der Waals surface area contributed by atoms with Gasteiger partial charge in [-0.25, -0.2) is 8.42 Å². The number of allylic oxidation sites excluding steroid dienone is 1. The first kappa shape index (κ1) is 25.8. The maximum absolute atomic E-state index is 12.2. The molecular formula is C30H32N2O6S. The number of carboxylic acids is 1. The largest absolute Gasteiger partial charge is 0.748 e. The third kappa shape index (κ3) is 4.02. The molecular weight excluding hydrogens is 516 g/mol. The molecule has 2 unspecified atom stereocenters. The zero-order valence-corrected chi connectivity index (χ0v) is 23.6. The van der Waals surface area contributed by atoms with Crippen molar-refractivity contribution >= 4 is 44.8 Å². The van der Waals surface area contributed by atoms with E-state index < -0.39 is 32.8 Å². The van der Waals surface area contributed by atoms with Crippen LogP contribution in [0.1, 0.15) is 56.4 Å². The van der Waals surface area contributed by atoms with Gasteiger partial charge in [-0.2, -0.15) is 4.58 Å². The van der Waals surface area contributed by atoms with Crippen molar-refractivity contribution < 1.29 is 32.2 Å². The Morgan fingerprint density at radius 2 is 1.95 bits per heavy atom. The van der Waals surface area contributed by atoms with E-state index in [1.54, 1.807) is 0 Å². The molecule has 0 bridgehead atoms. The van der Waals surface area contributed by atoms with Crippen LogP contribution < -0.4 is 9.64 Å². The molecule has 204 valence electrons. The van der Waals surface area contributed by atoms with Gasteiger partial charge in [-0.3, -0.25) is 4.79 Å². The summed E-state index contributed by atoms with van der Waals surface area (Å²) in [7, 11) is -4.54. The second-order valence-electron chi connectivity index (χ2n) is 11.9. The van der Waals surface area contributed by atoms with E-state index in [-0.39, 0.29) is 12.6 Å². The van der Waals surface area contributed by atoms with Crippen LogP contribution in [0.5, 0.6) is 5.75 Å². The molecule has 2 aromatic rings. The number of rotatable bonds is 4. The number of carboxylic acid groups (broad SMARTS) is 1. The summed E-state index contributed by atoms with van der Waals surface area (Å²) in [5, 5.41) is 9.61. The van der Waals surface area contributed by atoms with Gasteiger partial charge < -0.3 is 19.3 Å². The molecule has 6 rings (SSSR count). The van der Waals surface area contributed by atoms with Crippen molar-refractivity contribution in [3.63, 3.8) is 0 Å². The molecule has 1 N–H and O–H groups in total. The molecule has 9 heteroatoms. The SMILES string of the molecule is CC1=CC(C)(C)N(CC(=O)O)c2cc3c(cc21)C=C1C2=[N+](CCC1O3)c1ccc(C)cc1C2(C)CS(=O)(=O)[O-]. The lowest BCUT2D eigenvalue weighted by atomic mass is 9.75. The minimum atomic E-state index is -4.54. The van der Waals surface area contributed by atoms with E-state index in [9.17, 15) is 22.9 Å². The first-order chi connectivity index (χ1) is 18.2. The maximum atomic E-state index is 12.2. The lowest BCUT2D eigenvalue weighted by Crippen LogP contribution is -2.48. The predicted octanol–water partition coefficient (Wildman–Crippen LogP) is 4.23. The van der Waals surface area contributed by atoms with Gasteiger partial charge in [0.2, 0.25) is 5.69 Å². The van der Waals surface area contributed by atoms with E-state index in [2.05, 4.69) is 16.7 Å². The van der Waals surface area contributed by atoms with Crippen molar-refractivity contribution in [1.82, 2.24) is 0 Å². The number of aliphatic carboxylic acids is 1. The molecule has 2 aromatic carbocycles. The Bertz CT molecular complexity index is 1670. The highest BCUT2D eigenvalue weighted by molar-refractivity contribution is 7.85. The molecule has 4 aliphatic heterocycles. The molecule has 0 aliphatic carbocycles. The first-order valence-corrected chi connectivity index (χ1v) is 14.7. The van der Waals surface area contributed by atoms with Crippen molar-refractivity contribution in [2.75, 3.05) is 23.7 Å².